The lowest BCUT2D eigenvalue weighted by Gasteiger charge is -2.14. The Kier molecular flexibility index (Phi) is 9.53. The smallest absolute Gasteiger partial charge is 0.122 e. The van der Waals surface area contributed by atoms with Gasteiger partial charge >= 0.3 is 0 Å². The molecule has 0 fully saturated rings. The van der Waals surface area contributed by atoms with E-state index in [9.17, 15) is 0 Å². The van der Waals surface area contributed by atoms with E-state index in [1.807, 2.05) is 0 Å². The lowest BCUT2D eigenvalue weighted by Crippen LogP contribution is -2.26. The predicted molar refractivity (Wildman–Crippen MR) is 89.9 cm³/mol. The maximum atomic E-state index is 7.27. The van der Waals surface area contributed by atoms with E-state index in [1.54, 1.807) is 13.1 Å². The van der Waals surface area contributed by atoms with Crippen molar-refractivity contribution in [2.75, 3.05) is 6.54 Å². The summed E-state index contributed by atoms with van der Waals surface area (Å²) in [5, 5.41) is 20.1. The van der Waals surface area contributed by atoms with Crippen LogP contribution in [0.3, 0.4) is 0 Å². The zero-order chi connectivity index (χ0) is 14.1. The molecule has 0 aromatic rings. The number of thiol groups is 3. The molecular formula is C10H17ClN4S3. The van der Waals surface area contributed by atoms with Crippen molar-refractivity contribution in [1.82, 2.24) is 10.6 Å². The van der Waals surface area contributed by atoms with Crippen LogP contribution >= 0.6 is 49.5 Å². The molecule has 0 heterocycles. The van der Waals surface area contributed by atoms with Crippen molar-refractivity contribution < 1.29 is 0 Å². The molecule has 0 aromatic carbocycles. The van der Waals surface area contributed by atoms with Crippen molar-refractivity contribution in [1.29, 1.82) is 10.8 Å². The van der Waals surface area contributed by atoms with E-state index in [0.29, 0.717) is 6.54 Å². The monoisotopic (exact) mass is 324 g/mol. The highest BCUT2D eigenvalue weighted by Gasteiger charge is 2.06. The van der Waals surface area contributed by atoms with E-state index in [2.05, 4.69) is 48.5 Å². The van der Waals surface area contributed by atoms with Crippen LogP contribution in [0.5, 0.6) is 0 Å². The van der Waals surface area contributed by atoms with Crippen LogP contribution in [-0.2, 0) is 0 Å². The summed E-state index contributed by atoms with van der Waals surface area (Å²) < 4.78 is -0.206. The summed E-state index contributed by atoms with van der Waals surface area (Å²) in [5.74, 6) is 0. The maximum Gasteiger partial charge on any atom is 0.122 e. The Morgan fingerprint density at radius 3 is 2.44 bits per heavy atom. The van der Waals surface area contributed by atoms with Gasteiger partial charge in [-0.25, -0.2) is 0 Å². The Balaban J connectivity index is 4.31. The second kappa shape index (κ2) is 9.66. The molecule has 102 valence electrons. The first-order valence-corrected chi connectivity index (χ1v) is 6.95. The van der Waals surface area contributed by atoms with Crippen molar-refractivity contribution in [3.8, 4) is 0 Å². The molecule has 0 saturated carbocycles. The van der Waals surface area contributed by atoms with E-state index in [0.717, 1.165) is 11.3 Å². The van der Waals surface area contributed by atoms with Gasteiger partial charge in [0, 0.05) is 30.2 Å². The molecule has 0 radical (unpaired) electrons. The van der Waals surface area contributed by atoms with Crippen LogP contribution in [-0.4, -0.2) is 27.9 Å². The second-order valence-electron chi connectivity index (χ2n) is 3.42. The fraction of sp³-hybridized carbons (Fsp3) is 0.400. The molecule has 4 nitrogen and oxygen atoms in total. The summed E-state index contributed by atoms with van der Waals surface area (Å²) in [7, 11) is 0. The molecule has 1 unspecified atom stereocenters. The first kappa shape index (κ1) is 17.8. The molecule has 0 rings (SSSR count). The third-order valence-electron chi connectivity index (χ3n) is 1.82. The summed E-state index contributed by atoms with van der Waals surface area (Å²) in [5.41, 5.74) is 1.48. The minimum absolute atomic E-state index is 0.0399. The number of hydrogen-bond donors (Lipinski definition) is 7. The van der Waals surface area contributed by atoms with Gasteiger partial charge < -0.3 is 16.0 Å². The molecule has 0 aliphatic carbocycles. The number of allylic oxidation sites excluding steroid dienone is 2. The van der Waals surface area contributed by atoms with E-state index >= 15 is 0 Å². The zero-order valence-electron chi connectivity index (χ0n) is 9.81. The molecule has 1 atom stereocenters. The molecule has 0 aromatic heterocycles. The molecule has 18 heavy (non-hydrogen) atoms. The van der Waals surface area contributed by atoms with Crippen LogP contribution < -0.4 is 10.6 Å². The summed E-state index contributed by atoms with van der Waals surface area (Å²) in [6, 6.07) is 0. The lowest BCUT2D eigenvalue weighted by molar-refractivity contribution is 0.829. The fourth-order valence-electron chi connectivity index (χ4n) is 0.905. The fourth-order valence-corrected chi connectivity index (χ4v) is 1.32. The van der Waals surface area contributed by atoms with E-state index in [-0.39, 0.29) is 15.1 Å². The van der Waals surface area contributed by atoms with Gasteiger partial charge in [0.1, 0.15) is 5.17 Å². The van der Waals surface area contributed by atoms with Crippen LogP contribution in [0.15, 0.2) is 23.5 Å². The minimum atomic E-state index is -0.209. The van der Waals surface area contributed by atoms with Gasteiger partial charge in [0.25, 0.3) is 0 Å². The minimum Gasteiger partial charge on any atom is -0.384 e. The van der Waals surface area contributed by atoms with Crippen molar-refractivity contribution in [2.24, 2.45) is 0 Å². The van der Waals surface area contributed by atoms with Crippen molar-refractivity contribution in [3.05, 3.63) is 23.5 Å². The van der Waals surface area contributed by atoms with Gasteiger partial charge in [0.2, 0.25) is 0 Å². The highest BCUT2D eigenvalue weighted by molar-refractivity contribution is 8.00. The quantitative estimate of drug-likeness (QED) is 0.213. The number of nitrogens with one attached hydrogen (secondary N) is 4. The third-order valence-corrected chi connectivity index (χ3v) is 3.44. The van der Waals surface area contributed by atoms with Gasteiger partial charge in [-0.3, -0.25) is 5.41 Å². The summed E-state index contributed by atoms with van der Waals surface area (Å²) in [6.07, 6.45) is 4.40. The Morgan fingerprint density at radius 2 is 2.00 bits per heavy atom. The Hall–Kier alpha value is -0.240. The van der Waals surface area contributed by atoms with Gasteiger partial charge in [-0.05, 0) is 13.0 Å². The SMILES string of the molecule is C/C(=C/C(=N)Cl)NC/C(C=N)=C/NC(S)C(S)S. The molecule has 0 spiro atoms. The zero-order valence-corrected chi connectivity index (χ0v) is 13.3. The average molecular weight is 325 g/mol. The van der Waals surface area contributed by atoms with Crippen molar-refractivity contribution in [3.63, 3.8) is 0 Å². The summed E-state index contributed by atoms with van der Waals surface area (Å²) in [6.45, 7) is 2.25. The topological polar surface area (TPSA) is 71.8 Å². The lowest BCUT2D eigenvalue weighted by atomic mass is 10.3. The van der Waals surface area contributed by atoms with Crippen LogP contribution in [0.4, 0.5) is 0 Å². The Bertz CT molecular complexity index is 355. The van der Waals surface area contributed by atoms with Crippen LogP contribution in [0, 0.1) is 10.8 Å². The molecule has 0 bridgehead atoms. The molecule has 0 saturated heterocycles. The van der Waals surface area contributed by atoms with Crippen molar-refractivity contribution >= 4 is 60.9 Å². The standard InChI is InChI=1S/C10H17ClN4S3/c1-6(2-8(11)13)14-4-7(3-12)5-15-9(16)10(17)18/h2-3,5,9-10,12-18H,4H2,1H3/b6-2-,7-5+,12-3?,13-8?. The maximum absolute atomic E-state index is 7.27. The van der Waals surface area contributed by atoms with Crippen LogP contribution in [0.1, 0.15) is 6.92 Å². The first-order chi connectivity index (χ1) is 8.36. The molecule has 4 N–H and O–H groups in total. The third kappa shape index (κ3) is 8.79. The van der Waals surface area contributed by atoms with Gasteiger partial charge in [-0.15, -0.1) is 0 Å². The van der Waals surface area contributed by atoms with Gasteiger partial charge in [-0.1, -0.05) is 11.6 Å². The van der Waals surface area contributed by atoms with E-state index in [4.69, 9.17) is 22.4 Å². The molecular weight excluding hydrogens is 308 g/mol. The van der Waals surface area contributed by atoms with E-state index < -0.39 is 0 Å². The van der Waals surface area contributed by atoms with Crippen molar-refractivity contribution in [2.45, 2.75) is 16.9 Å². The first-order valence-electron chi connectivity index (χ1n) is 5.02. The Morgan fingerprint density at radius 1 is 1.39 bits per heavy atom. The summed E-state index contributed by atoms with van der Waals surface area (Å²) >= 11 is 17.9. The molecule has 0 aliphatic heterocycles. The molecule has 0 aliphatic rings. The van der Waals surface area contributed by atoms with Gasteiger partial charge in [-0.2, -0.15) is 37.9 Å². The van der Waals surface area contributed by atoms with Crippen LogP contribution in [0.2, 0.25) is 0 Å². The van der Waals surface area contributed by atoms with Gasteiger partial charge in [0.15, 0.2) is 0 Å². The van der Waals surface area contributed by atoms with Crippen LogP contribution in [0.25, 0.3) is 0 Å². The highest BCUT2D eigenvalue weighted by Crippen LogP contribution is 2.09. The van der Waals surface area contributed by atoms with Gasteiger partial charge in [0.05, 0.1) is 9.96 Å². The summed E-state index contributed by atoms with van der Waals surface area (Å²) in [4.78, 5) is 0. The largest absolute Gasteiger partial charge is 0.384 e. The number of rotatable bonds is 8. The number of hydrogen-bond acceptors (Lipinski definition) is 7. The normalized spacial score (nSPS) is 14.3. The Labute approximate surface area is 129 Å². The second-order valence-corrected chi connectivity index (χ2v) is 5.90. The number of halogens is 1. The molecule has 8 heteroatoms. The molecule has 0 amide bonds. The predicted octanol–water partition coefficient (Wildman–Crippen LogP) is 2.26. The van der Waals surface area contributed by atoms with E-state index in [1.165, 1.54) is 12.3 Å². The average Bonchev–Trinajstić information content (AvgIpc) is 2.27. The highest BCUT2D eigenvalue weighted by atomic mass is 35.5.